The molecule has 0 saturated heterocycles. The van der Waals surface area contributed by atoms with Gasteiger partial charge >= 0.3 is 0 Å². The van der Waals surface area contributed by atoms with E-state index in [1.54, 1.807) is 11.8 Å². The number of rotatable bonds is 7. The summed E-state index contributed by atoms with van der Waals surface area (Å²) in [5.74, 6) is 2.61. The van der Waals surface area contributed by atoms with E-state index in [0.29, 0.717) is 5.75 Å². The molecule has 1 heterocycles. The predicted molar refractivity (Wildman–Crippen MR) is 80.5 cm³/mol. The predicted octanol–water partition coefficient (Wildman–Crippen LogP) is 2.21. The van der Waals surface area contributed by atoms with Crippen LogP contribution >= 0.6 is 11.8 Å². The van der Waals surface area contributed by atoms with Crippen molar-refractivity contribution in [3.63, 3.8) is 0 Å². The molecule has 2 rings (SSSR count). The van der Waals surface area contributed by atoms with Crippen LogP contribution in [0.2, 0.25) is 0 Å². The summed E-state index contributed by atoms with van der Waals surface area (Å²) in [5, 5.41) is 17.9. The van der Waals surface area contributed by atoms with Crippen molar-refractivity contribution in [1.82, 2.24) is 0 Å². The van der Waals surface area contributed by atoms with Crippen molar-refractivity contribution < 1.29 is 19.7 Å². The summed E-state index contributed by atoms with van der Waals surface area (Å²) < 4.78 is 11.4. The number of benzene rings is 1. The number of fused-ring (bicyclic) bond motifs is 1. The highest BCUT2D eigenvalue weighted by molar-refractivity contribution is 7.99. The normalized spacial score (nSPS) is 17.2. The summed E-state index contributed by atoms with van der Waals surface area (Å²) in [6, 6.07) is 6.07. The molecule has 2 N–H and O–H groups in total. The third kappa shape index (κ3) is 4.30. The van der Waals surface area contributed by atoms with Gasteiger partial charge in [-0.25, -0.2) is 0 Å². The van der Waals surface area contributed by atoms with E-state index in [4.69, 9.17) is 14.6 Å². The van der Waals surface area contributed by atoms with Crippen molar-refractivity contribution >= 4 is 11.8 Å². The molecule has 0 fully saturated rings. The van der Waals surface area contributed by atoms with Gasteiger partial charge < -0.3 is 19.7 Å². The molecule has 1 aliphatic rings. The summed E-state index contributed by atoms with van der Waals surface area (Å²) in [6.07, 6.45) is 1.40. The third-order valence-corrected chi connectivity index (χ3v) is 4.19. The van der Waals surface area contributed by atoms with Crippen LogP contribution in [0.15, 0.2) is 18.2 Å². The van der Waals surface area contributed by atoms with Gasteiger partial charge in [0.05, 0.1) is 12.7 Å². The first-order chi connectivity index (χ1) is 9.50. The SMILES string of the molecule is CC1(C)Oc2ccc(CCCSCC(O)CO)cc2O1. The lowest BCUT2D eigenvalue weighted by atomic mass is 10.1. The van der Waals surface area contributed by atoms with Gasteiger partial charge in [0.15, 0.2) is 11.5 Å². The van der Waals surface area contributed by atoms with Gasteiger partial charge in [0, 0.05) is 19.6 Å². The van der Waals surface area contributed by atoms with Crippen molar-refractivity contribution in [2.75, 3.05) is 18.1 Å². The molecule has 0 aromatic heterocycles. The second-order valence-electron chi connectivity index (χ2n) is 5.40. The van der Waals surface area contributed by atoms with Crippen molar-refractivity contribution in [2.24, 2.45) is 0 Å². The Morgan fingerprint density at radius 3 is 2.75 bits per heavy atom. The van der Waals surface area contributed by atoms with E-state index in [0.717, 1.165) is 30.1 Å². The number of aliphatic hydroxyl groups is 2. The summed E-state index contributed by atoms with van der Waals surface area (Å²) >= 11 is 1.66. The molecule has 1 aromatic rings. The molecule has 0 radical (unpaired) electrons. The summed E-state index contributed by atoms with van der Waals surface area (Å²) in [5.41, 5.74) is 1.23. The number of hydrogen-bond acceptors (Lipinski definition) is 5. The monoisotopic (exact) mass is 298 g/mol. The molecule has 1 aromatic carbocycles. The van der Waals surface area contributed by atoms with Crippen LogP contribution in [-0.4, -0.2) is 40.2 Å². The first kappa shape index (κ1) is 15.5. The van der Waals surface area contributed by atoms with E-state index in [1.807, 2.05) is 26.0 Å². The summed E-state index contributed by atoms with van der Waals surface area (Å²) in [7, 11) is 0. The van der Waals surface area contributed by atoms with Crippen LogP contribution in [-0.2, 0) is 6.42 Å². The number of ether oxygens (including phenoxy) is 2. The van der Waals surface area contributed by atoms with E-state index in [-0.39, 0.29) is 6.61 Å². The van der Waals surface area contributed by atoms with Crippen LogP contribution in [0.1, 0.15) is 25.8 Å². The minimum atomic E-state index is -0.604. The van der Waals surface area contributed by atoms with E-state index in [9.17, 15) is 5.11 Å². The van der Waals surface area contributed by atoms with Gasteiger partial charge in [0.1, 0.15) is 0 Å². The maximum Gasteiger partial charge on any atom is 0.246 e. The van der Waals surface area contributed by atoms with Gasteiger partial charge in [-0.1, -0.05) is 6.07 Å². The van der Waals surface area contributed by atoms with Crippen molar-refractivity contribution in [2.45, 2.75) is 38.6 Å². The Hall–Kier alpha value is -0.910. The number of hydrogen-bond donors (Lipinski definition) is 2. The van der Waals surface area contributed by atoms with Crippen LogP contribution in [0.4, 0.5) is 0 Å². The minimum absolute atomic E-state index is 0.162. The quantitative estimate of drug-likeness (QED) is 0.756. The molecular weight excluding hydrogens is 276 g/mol. The average Bonchev–Trinajstić information content (AvgIpc) is 2.71. The molecule has 20 heavy (non-hydrogen) atoms. The van der Waals surface area contributed by atoms with Crippen LogP contribution in [0, 0.1) is 0 Å². The molecule has 112 valence electrons. The zero-order chi connectivity index (χ0) is 14.6. The van der Waals surface area contributed by atoms with E-state index in [1.165, 1.54) is 5.56 Å². The van der Waals surface area contributed by atoms with Gasteiger partial charge in [-0.15, -0.1) is 0 Å². The van der Waals surface area contributed by atoms with Crippen LogP contribution in [0.5, 0.6) is 11.5 Å². The molecule has 1 atom stereocenters. The van der Waals surface area contributed by atoms with Gasteiger partial charge in [0.2, 0.25) is 5.79 Å². The molecule has 0 aliphatic carbocycles. The molecule has 0 bridgehead atoms. The number of aryl methyl sites for hydroxylation is 1. The minimum Gasteiger partial charge on any atom is -0.449 e. The molecule has 1 aliphatic heterocycles. The van der Waals surface area contributed by atoms with E-state index >= 15 is 0 Å². The van der Waals surface area contributed by atoms with Crippen LogP contribution in [0.3, 0.4) is 0 Å². The molecule has 0 saturated carbocycles. The molecule has 4 nitrogen and oxygen atoms in total. The molecule has 0 amide bonds. The highest BCUT2D eigenvalue weighted by atomic mass is 32.2. The van der Waals surface area contributed by atoms with Crippen molar-refractivity contribution in [3.8, 4) is 11.5 Å². The standard InChI is InChI=1S/C15H22O4S/c1-15(2)18-13-6-5-11(8-14(13)19-15)4-3-7-20-10-12(17)9-16/h5-6,8,12,16-17H,3-4,7,9-10H2,1-2H3. The first-order valence-corrected chi connectivity index (χ1v) is 8.03. The zero-order valence-electron chi connectivity index (χ0n) is 12.0. The fourth-order valence-electron chi connectivity index (χ4n) is 2.07. The Bertz CT molecular complexity index is 447. The highest BCUT2D eigenvalue weighted by Crippen LogP contribution is 2.39. The van der Waals surface area contributed by atoms with Gasteiger partial charge in [-0.05, 0) is 36.3 Å². The average molecular weight is 298 g/mol. The van der Waals surface area contributed by atoms with Crippen LogP contribution in [0.25, 0.3) is 0 Å². The zero-order valence-corrected chi connectivity index (χ0v) is 12.8. The second-order valence-corrected chi connectivity index (χ2v) is 6.55. The maximum atomic E-state index is 9.23. The highest BCUT2D eigenvalue weighted by Gasteiger charge is 2.31. The second kappa shape index (κ2) is 6.70. The Balaban J connectivity index is 1.75. The molecule has 5 heteroatoms. The molecule has 1 unspecified atom stereocenters. The summed E-state index contributed by atoms with van der Waals surface area (Å²) in [6.45, 7) is 3.64. The largest absolute Gasteiger partial charge is 0.449 e. The van der Waals surface area contributed by atoms with Gasteiger partial charge in [0.25, 0.3) is 0 Å². The van der Waals surface area contributed by atoms with E-state index in [2.05, 4.69) is 6.07 Å². The Morgan fingerprint density at radius 1 is 1.25 bits per heavy atom. The summed E-state index contributed by atoms with van der Waals surface area (Å²) in [4.78, 5) is 0. The smallest absolute Gasteiger partial charge is 0.246 e. The van der Waals surface area contributed by atoms with Crippen LogP contribution < -0.4 is 9.47 Å². The van der Waals surface area contributed by atoms with E-state index < -0.39 is 11.9 Å². The molecular formula is C15H22O4S. The third-order valence-electron chi connectivity index (χ3n) is 2.99. The lowest BCUT2D eigenvalue weighted by Gasteiger charge is -2.16. The topological polar surface area (TPSA) is 58.9 Å². The van der Waals surface area contributed by atoms with Crippen molar-refractivity contribution in [1.29, 1.82) is 0 Å². The Labute approximate surface area is 124 Å². The Kier molecular flexibility index (Phi) is 5.18. The fraction of sp³-hybridized carbons (Fsp3) is 0.600. The van der Waals surface area contributed by atoms with Gasteiger partial charge in [-0.2, -0.15) is 11.8 Å². The maximum absolute atomic E-state index is 9.23. The number of aliphatic hydroxyl groups excluding tert-OH is 2. The number of thioether (sulfide) groups is 1. The fourth-order valence-corrected chi connectivity index (χ4v) is 2.97. The first-order valence-electron chi connectivity index (χ1n) is 6.88. The lowest BCUT2D eigenvalue weighted by Crippen LogP contribution is -2.29. The Morgan fingerprint density at radius 2 is 2.00 bits per heavy atom. The molecule has 0 spiro atoms. The lowest BCUT2D eigenvalue weighted by molar-refractivity contribution is -0.0431. The van der Waals surface area contributed by atoms with Crippen molar-refractivity contribution in [3.05, 3.63) is 23.8 Å². The van der Waals surface area contributed by atoms with Gasteiger partial charge in [-0.3, -0.25) is 0 Å².